The number of rotatable bonds is 6. The van der Waals surface area contributed by atoms with E-state index in [1.165, 1.54) is 6.20 Å². The van der Waals surface area contributed by atoms with Crippen LogP contribution >= 0.6 is 11.6 Å². The average Bonchev–Trinajstić information content (AvgIpc) is 2.97. The SMILES string of the molecule is O=C[C@H](O)[C@](O)(c1c[nH]c2ccccc12)[C@H](O)[C@@](O)(Cl)CO. The summed E-state index contributed by atoms with van der Waals surface area (Å²) in [6.45, 7) is -1.11. The van der Waals surface area contributed by atoms with Gasteiger partial charge in [-0.2, -0.15) is 0 Å². The molecule has 6 N–H and O–H groups in total. The van der Waals surface area contributed by atoms with Crippen LogP contribution < -0.4 is 0 Å². The Balaban J connectivity index is 2.67. The van der Waals surface area contributed by atoms with Crippen molar-refractivity contribution in [2.24, 2.45) is 0 Å². The Kier molecular flexibility index (Phi) is 4.57. The number of nitrogens with one attached hydrogen (secondary N) is 1. The summed E-state index contributed by atoms with van der Waals surface area (Å²) in [4.78, 5) is 13.8. The van der Waals surface area contributed by atoms with Crippen LogP contribution in [-0.4, -0.2) is 60.7 Å². The number of aromatic nitrogens is 1. The molecule has 120 valence electrons. The summed E-state index contributed by atoms with van der Waals surface area (Å²) in [5.41, 5.74) is -2.09. The molecule has 0 saturated carbocycles. The van der Waals surface area contributed by atoms with E-state index in [2.05, 4.69) is 4.98 Å². The van der Waals surface area contributed by atoms with E-state index in [1.807, 2.05) is 0 Å². The lowest BCUT2D eigenvalue weighted by atomic mass is 9.80. The molecule has 0 aliphatic carbocycles. The first kappa shape index (κ1) is 16.9. The average molecular weight is 330 g/mol. The first-order valence-electron chi connectivity index (χ1n) is 6.41. The highest BCUT2D eigenvalue weighted by Crippen LogP contribution is 2.39. The van der Waals surface area contributed by atoms with Crippen molar-refractivity contribution in [3.05, 3.63) is 36.0 Å². The van der Waals surface area contributed by atoms with E-state index >= 15 is 0 Å². The van der Waals surface area contributed by atoms with E-state index in [1.54, 1.807) is 24.3 Å². The molecule has 4 atom stereocenters. The van der Waals surface area contributed by atoms with Crippen molar-refractivity contribution in [1.29, 1.82) is 0 Å². The standard InChI is InChI=1S/C14H16ClNO6/c15-13(21,7-18)12(20)14(22,11(19)6-17)9-5-16-10-4-2-1-3-8(9)10/h1-6,11-12,16,18-22H,7H2/t11-,12+,13+,14+/m0/s1. The van der Waals surface area contributed by atoms with Gasteiger partial charge in [-0.1, -0.05) is 29.8 Å². The van der Waals surface area contributed by atoms with Crippen LogP contribution in [-0.2, 0) is 10.4 Å². The predicted molar refractivity (Wildman–Crippen MR) is 78.2 cm³/mol. The zero-order valence-corrected chi connectivity index (χ0v) is 12.1. The molecule has 0 unspecified atom stereocenters. The van der Waals surface area contributed by atoms with Crippen molar-refractivity contribution in [2.75, 3.05) is 6.61 Å². The highest BCUT2D eigenvalue weighted by molar-refractivity contribution is 6.23. The van der Waals surface area contributed by atoms with Gasteiger partial charge in [-0.15, -0.1) is 0 Å². The van der Waals surface area contributed by atoms with Gasteiger partial charge in [-0.05, 0) is 6.07 Å². The van der Waals surface area contributed by atoms with Crippen molar-refractivity contribution in [3.63, 3.8) is 0 Å². The smallest absolute Gasteiger partial charge is 0.191 e. The van der Waals surface area contributed by atoms with Gasteiger partial charge in [-0.3, -0.25) is 0 Å². The lowest BCUT2D eigenvalue weighted by molar-refractivity contribution is -0.196. The number of aliphatic hydroxyl groups excluding tert-OH is 3. The number of alkyl halides is 1. The van der Waals surface area contributed by atoms with Gasteiger partial charge >= 0.3 is 0 Å². The van der Waals surface area contributed by atoms with Crippen molar-refractivity contribution in [1.82, 2.24) is 4.98 Å². The van der Waals surface area contributed by atoms with E-state index < -0.39 is 29.5 Å². The summed E-state index contributed by atoms with van der Waals surface area (Å²) in [6.07, 6.45) is -3.04. The molecule has 8 heteroatoms. The number of halogens is 1. The quantitative estimate of drug-likeness (QED) is 0.303. The number of carbonyl (C=O) groups excluding carboxylic acids is 1. The lowest BCUT2D eigenvalue weighted by Gasteiger charge is -2.39. The Morgan fingerprint density at radius 2 is 1.91 bits per heavy atom. The molecule has 0 spiro atoms. The number of aliphatic hydroxyl groups is 5. The largest absolute Gasteiger partial charge is 0.392 e. The molecule has 0 bridgehead atoms. The van der Waals surface area contributed by atoms with Crippen LogP contribution in [0.5, 0.6) is 0 Å². The highest BCUT2D eigenvalue weighted by Gasteiger charge is 2.54. The summed E-state index contributed by atoms with van der Waals surface area (Å²) in [5, 5.41) is 47.5. The number of aromatic amines is 1. The van der Waals surface area contributed by atoms with Crippen LogP contribution in [0.1, 0.15) is 5.56 Å². The second-order valence-electron chi connectivity index (χ2n) is 5.03. The second-order valence-corrected chi connectivity index (χ2v) is 5.69. The maximum atomic E-state index is 11.0. The van der Waals surface area contributed by atoms with Crippen molar-refractivity contribution >= 4 is 28.8 Å². The number of carbonyl (C=O) groups is 1. The van der Waals surface area contributed by atoms with Crippen LogP contribution in [0.25, 0.3) is 10.9 Å². The first-order chi connectivity index (χ1) is 10.3. The molecule has 2 aromatic rings. The molecular weight excluding hydrogens is 314 g/mol. The van der Waals surface area contributed by atoms with Gasteiger partial charge < -0.3 is 35.3 Å². The minimum absolute atomic E-state index is 0.00926. The zero-order valence-electron chi connectivity index (χ0n) is 11.3. The fourth-order valence-electron chi connectivity index (χ4n) is 2.40. The number of para-hydroxylation sites is 1. The first-order valence-corrected chi connectivity index (χ1v) is 6.79. The maximum absolute atomic E-state index is 11.0. The van der Waals surface area contributed by atoms with Gasteiger partial charge in [0.2, 0.25) is 0 Å². The zero-order chi connectivity index (χ0) is 16.5. The molecule has 1 aromatic carbocycles. The summed E-state index contributed by atoms with van der Waals surface area (Å²) < 4.78 is 0. The summed E-state index contributed by atoms with van der Waals surface area (Å²) in [7, 11) is 0. The molecule has 1 aromatic heterocycles. The minimum atomic E-state index is -2.66. The van der Waals surface area contributed by atoms with Crippen molar-refractivity contribution in [2.45, 2.75) is 22.9 Å². The number of hydrogen-bond donors (Lipinski definition) is 6. The molecule has 22 heavy (non-hydrogen) atoms. The molecule has 0 amide bonds. The molecule has 0 aliphatic rings. The van der Waals surface area contributed by atoms with Crippen LogP contribution in [0.3, 0.4) is 0 Å². The van der Waals surface area contributed by atoms with E-state index in [4.69, 9.17) is 16.7 Å². The number of hydrogen-bond acceptors (Lipinski definition) is 6. The lowest BCUT2D eigenvalue weighted by Crippen LogP contribution is -2.59. The summed E-state index contributed by atoms with van der Waals surface area (Å²) in [6, 6.07) is 6.64. The Hall–Kier alpha value is -1.48. The van der Waals surface area contributed by atoms with E-state index in [-0.39, 0.29) is 11.8 Å². The number of H-pyrrole nitrogens is 1. The van der Waals surface area contributed by atoms with E-state index in [0.29, 0.717) is 10.9 Å². The molecule has 0 radical (unpaired) electrons. The van der Waals surface area contributed by atoms with Crippen molar-refractivity contribution in [3.8, 4) is 0 Å². The van der Waals surface area contributed by atoms with Gasteiger partial charge in [0.15, 0.2) is 16.9 Å². The summed E-state index contributed by atoms with van der Waals surface area (Å²) >= 11 is 5.58. The highest BCUT2D eigenvalue weighted by atomic mass is 35.5. The molecule has 0 aliphatic heterocycles. The minimum Gasteiger partial charge on any atom is -0.392 e. The van der Waals surface area contributed by atoms with Gasteiger partial charge in [0.25, 0.3) is 0 Å². The predicted octanol–water partition coefficient (Wildman–Crippen LogP) is -0.804. The maximum Gasteiger partial charge on any atom is 0.191 e. The number of fused-ring (bicyclic) bond motifs is 1. The Labute approximate surface area is 130 Å². The van der Waals surface area contributed by atoms with Gasteiger partial charge in [0.1, 0.15) is 12.2 Å². The number of benzene rings is 1. The van der Waals surface area contributed by atoms with Gasteiger partial charge in [-0.25, -0.2) is 0 Å². The van der Waals surface area contributed by atoms with Gasteiger partial charge in [0, 0.05) is 22.7 Å². The normalized spacial score (nSPS) is 20.1. The summed E-state index contributed by atoms with van der Waals surface area (Å²) in [5.74, 6) is 0. The van der Waals surface area contributed by atoms with Gasteiger partial charge in [0.05, 0.1) is 6.61 Å². The fraction of sp³-hybridized carbons (Fsp3) is 0.357. The Morgan fingerprint density at radius 3 is 2.50 bits per heavy atom. The second kappa shape index (κ2) is 5.96. The van der Waals surface area contributed by atoms with Crippen LogP contribution in [0.4, 0.5) is 0 Å². The third-order valence-corrected chi connectivity index (χ3v) is 3.98. The number of aldehydes is 1. The third-order valence-electron chi connectivity index (χ3n) is 3.66. The third kappa shape index (κ3) is 2.52. The molecule has 7 nitrogen and oxygen atoms in total. The fourth-order valence-corrected chi connectivity index (χ4v) is 2.56. The van der Waals surface area contributed by atoms with Crippen LogP contribution in [0, 0.1) is 0 Å². The topological polar surface area (TPSA) is 134 Å². The molecule has 1 heterocycles. The van der Waals surface area contributed by atoms with Crippen LogP contribution in [0.2, 0.25) is 0 Å². The molecule has 2 rings (SSSR count). The molecule has 0 fully saturated rings. The Morgan fingerprint density at radius 1 is 1.27 bits per heavy atom. The molecular formula is C14H16ClNO6. The molecule has 0 saturated heterocycles. The monoisotopic (exact) mass is 329 g/mol. The van der Waals surface area contributed by atoms with Crippen molar-refractivity contribution < 1.29 is 30.3 Å². The Bertz CT molecular complexity index is 672. The van der Waals surface area contributed by atoms with E-state index in [0.717, 1.165) is 0 Å². The van der Waals surface area contributed by atoms with Crippen LogP contribution in [0.15, 0.2) is 30.5 Å². The van der Waals surface area contributed by atoms with E-state index in [9.17, 15) is 25.2 Å².